The lowest BCUT2D eigenvalue weighted by molar-refractivity contribution is -0.121. The Morgan fingerprint density at radius 1 is 1.39 bits per heavy atom. The summed E-state index contributed by atoms with van der Waals surface area (Å²) in [6, 6.07) is 0.380. The third-order valence-corrected chi connectivity index (χ3v) is 5.13. The summed E-state index contributed by atoms with van der Waals surface area (Å²) in [6.45, 7) is 3.86. The molecule has 0 aromatic carbocycles. The van der Waals surface area contributed by atoms with Crippen LogP contribution in [-0.2, 0) is 4.79 Å². The Morgan fingerprint density at radius 3 is 2.72 bits per heavy atom. The van der Waals surface area contributed by atoms with Gasteiger partial charge in [0.25, 0.3) is 0 Å². The van der Waals surface area contributed by atoms with Crippen LogP contribution in [0.2, 0.25) is 0 Å². The van der Waals surface area contributed by atoms with Crippen molar-refractivity contribution < 1.29 is 4.79 Å². The maximum atomic E-state index is 12.0. The molecule has 1 fully saturated rings. The molecule has 1 aliphatic carbocycles. The standard InChI is InChI=1S/C12H19N3OS2/c1-8(17-12-15-14-9(2)18-12)11(16)13-10-6-4-3-5-7-10/h8,10H,3-7H2,1-2H3,(H,13,16). The van der Waals surface area contributed by atoms with E-state index < -0.39 is 0 Å². The highest BCUT2D eigenvalue weighted by Crippen LogP contribution is 2.26. The summed E-state index contributed by atoms with van der Waals surface area (Å²) in [6.07, 6.45) is 6.03. The van der Waals surface area contributed by atoms with Gasteiger partial charge in [-0.2, -0.15) is 0 Å². The molecule has 1 N–H and O–H groups in total. The van der Waals surface area contributed by atoms with Crippen molar-refractivity contribution in [1.29, 1.82) is 0 Å². The van der Waals surface area contributed by atoms with E-state index in [1.807, 2.05) is 13.8 Å². The van der Waals surface area contributed by atoms with Gasteiger partial charge in [-0.1, -0.05) is 42.4 Å². The van der Waals surface area contributed by atoms with Crippen molar-refractivity contribution >= 4 is 29.0 Å². The minimum absolute atomic E-state index is 0.0979. The van der Waals surface area contributed by atoms with Crippen LogP contribution >= 0.6 is 23.1 Å². The van der Waals surface area contributed by atoms with Crippen LogP contribution in [-0.4, -0.2) is 27.4 Å². The van der Waals surface area contributed by atoms with Crippen molar-refractivity contribution in [3.05, 3.63) is 5.01 Å². The second kappa shape index (κ2) is 6.52. The van der Waals surface area contributed by atoms with Gasteiger partial charge in [0.2, 0.25) is 5.91 Å². The maximum Gasteiger partial charge on any atom is 0.233 e. The van der Waals surface area contributed by atoms with Crippen molar-refractivity contribution in [3.63, 3.8) is 0 Å². The Morgan fingerprint density at radius 2 is 2.11 bits per heavy atom. The zero-order valence-electron chi connectivity index (χ0n) is 10.8. The van der Waals surface area contributed by atoms with Gasteiger partial charge in [0.1, 0.15) is 5.01 Å². The SMILES string of the molecule is Cc1nnc(SC(C)C(=O)NC2CCCCC2)s1. The molecule has 1 aromatic heterocycles. The quantitative estimate of drug-likeness (QED) is 0.864. The van der Waals surface area contributed by atoms with Gasteiger partial charge in [-0.3, -0.25) is 4.79 Å². The molecular weight excluding hydrogens is 266 g/mol. The highest BCUT2D eigenvalue weighted by molar-refractivity contribution is 8.02. The molecule has 1 unspecified atom stereocenters. The number of nitrogens with one attached hydrogen (secondary N) is 1. The molecule has 0 radical (unpaired) electrons. The number of nitrogens with zero attached hydrogens (tertiary/aromatic N) is 2. The maximum absolute atomic E-state index is 12.0. The first-order chi connectivity index (χ1) is 8.65. The monoisotopic (exact) mass is 285 g/mol. The van der Waals surface area contributed by atoms with E-state index in [0.717, 1.165) is 22.2 Å². The summed E-state index contributed by atoms with van der Waals surface area (Å²) in [5.41, 5.74) is 0. The van der Waals surface area contributed by atoms with E-state index >= 15 is 0 Å². The highest BCUT2D eigenvalue weighted by atomic mass is 32.2. The van der Waals surface area contributed by atoms with Crippen molar-refractivity contribution in [2.45, 2.75) is 61.6 Å². The van der Waals surface area contributed by atoms with Crippen LogP contribution in [0.15, 0.2) is 4.34 Å². The van der Waals surface area contributed by atoms with E-state index in [4.69, 9.17) is 0 Å². The number of hydrogen-bond acceptors (Lipinski definition) is 5. The number of amides is 1. The number of carbonyl (C=O) groups is 1. The Kier molecular flexibility index (Phi) is 5.00. The first-order valence-electron chi connectivity index (χ1n) is 6.42. The number of rotatable bonds is 4. The van der Waals surface area contributed by atoms with E-state index in [0.29, 0.717) is 6.04 Å². The van der Waals surface area contributed by atoms with Gasteiger partial charge < -0.3 is 5.32 Å². The van der Waals surface area contributed by atoms with Crippen LogP contribution in [0.5, 0.6) is 0 Å². The zero-order valence-corrected chi connectivity index (χ0v) is 12.4. The molecule has 4 nitrogen and oxygen atoms in total. The lowest BCUT2D eigenvalue weighted by Crippen LogP contribution is -2.40. The Labute approximate surface area is 116 Å². The Bertz CT molecular complexity index is 402. The van der Waals surface area contributed by atoms with Crippen LogP contribution < -0.4 is 5.32 Å². The van der Waals surface area contributed by atoms with E-state index in [9.17, 15) is 4.79 Å². The molecule has 1 heterocycles. The Balaban J connectivity index is 1.80. The molecule has 1 atom stereocenters. The smallest absolute Gasteiger partial charge is 0.233 e. The van der Waals surface area contributed by atoms with Crippen LogP contribution in [0.1, 0.15) is 44.0 Å². The second-order valence-electron chi connectivity index (χ2n) is 4.69. The largest absolute Gasteiger partial charge is 0.352 e. The first kappa shape index (κ1) is 13.8. The molecule has 1 aromatic rings. The van der Waals surface area contributed by atoms with Gasteiger partial charge in [0, 0.05) is 6.04 Å². The number of carbonyl (C=O) groups excluding carboxylic acids is 1. The molecule has 6 heteroatoms. The van der Waals surface area contributed by atoms with Gasteiger partial charge in [-0.25, -0.2) is 0 Å². The van der Waals surface area contributed by atoms with Gasteiger partial charge >= 0.3 is 0 Å². The molecule has 2 rings (SSSR count). The summed E-state index contributed by atoms with van der Waals surface area (Å²) in [7, 11) is 0. The number of hydrogen-bond donors (Lipinski definition) is 1. The molecule has 0 bridgehead atoms. The molecule has 1 aliphatic rings. The fourth-order valence-corrected chi connectivity index (χ4v) is 4.07. The molecule has 18 heavy (non-hydrogen) atoms. The van der Waals surface area contributed by atoms with Crippen LogP contribution in [0, 0.1) is 6.92 Å². The van der Waals surface area contributed by atoms with Crippen LogP contribution in [0.4, 0.5) is 0 Å². The van der Waals surface area contributed by atoms with Crippen molar-refractivity contribution in [2.75, 3.05) is 0 Å². The first-order valence-corrected chi connectivity index (χ1v) is 8.12. The summed E-state index contributed by atoms with van der Waals surface area (Å²) >= 11 is 3.03. The lowest BCUT2D eigenvalue weighted by atomic mass is 9.95. The lowest BCUT2D eigenvalue weighted by Gasteiger charge is -2.24. The average molecular weight is 285 g/mol. The predicted octanol–water partition coefficient (Wildman–Crippen LogP) is 2.78. The number of aromatic nitrogens is 2. The predicted molar refractivity (Wildman–Crippen MR) is 75.0 cm³/mol. The van der Waals surface area contributed by atoms with Crippen LogP contribution in [0.3, 0.4) is 0 Å². The van der Waals surface area contributed by atoms with Crippen molar-refractivity contribution in [3.8, 4) is 0 Å². The van der Waals surface area contributed by atoms with Gasteiger partial charge in [0.15, 0.2) is 4.34 Å². The molecule has 100 valence electrons. The van der Waals surface area contributed by atoms with Gasteiger partial charge in [-0.15, -0.1) is 10.2 Å². The fourth-order valence-electron chi connectivity index (χ4n) is 2.10. The second-order valence-corrected chi connectivity index (χ2v) is 7.46. The highest BCUT2D eigenvalue weighted by Gasteiger charge is 2.21. The van der Waals surface area contributed by atoms with Gasteiger partial charge in [-0.05, 0) is 26.7 Å². The number of aryl methyl sites for hydroxylation is 1. The van der Waals surface area contributed by atoms with Crippen LogP contribution in [0.25, 0.3) is 0 Å². The summed E-state index contributed by atoms with van der Waals surface area (Å²) in [5.74, 6) is 0.125. The molecule has 1 amide bonds. The molecule has 1 saturated carbocycles. The molecule has 0 saturated heterocycles. The van der Waals surface area contributed by atoms with Crippen molar-refractivity contribution in [1.82, 2.24) is 15.5 Å². The van der Waals surface area contributed by atoms with E-state index in [-0.39, 0.29) is 11.2 Å². The van der Waals surface area contributed by atoms with E-state index in [1.54, 1.807) is 11.3 Å². The summed E-state index contributed by atoms with van der Waals surface area (Å²) in [4.78, 5) is 12.0. The van der Waals surface area contributed by atoms with Crippen molar-refractivity contribution in [2.24, 2.45) is 0 Å². The fraction of sp³-hybridized carbons (Fsp3) is 0.750. The molecular formula is C12H19N3OS2. The summed E-state index contributed by atoms with van der Waals surface area (Å²) < 4.78 is 0.874. The van der Waals surface area contributed by atoms with E-state index in [1.165, 1.54) is 31.0 Å². The Hall–Kier alpha value is -0.620. The normalized spacial score (nSPS) is 18.6. The zero-order chi connectivity index (χ0) is 13.0. The van der Waals surface area contributed by atoms with E-state index in [2.05, 4.69) is 15.5 Å². The third-order valence-electron chi connectivity index (χ3n) is 3.11. The minimum atomic E-state index is -0.0979. The molecule has 0 spiro atoms. The molecule has 0 aliphatic heterocycles. The number of thioether (sulfide) groups is 1. The summed E-state index contributed by atoms with van der Waals surface area (Å²) in [5, 5.41) is 12.0. The third kappa shape index (κ3) is 3.95. The topological polar surface area (TPSA) is 54.9 Å². The van der Waals surface area contributed by atoms with Gasteiger partial charge in [0.05, 0.1) is 5.25 Å². The average Bonchev–Trinajstić information content (AvgIpc) is 2.76. The minimum Gasteiger partial charge on any atom is -0.352 e.